The minimum absolute atomic E-state index is 0.0307. The third-order valence-corrected chi connectivity index (χ3v) is 6.80. The van der Waals surface area contributed by atoms with E-state index in [1.807, 2.05) is 0 Å². The molecule has 9 nitrogen and oxygen atoms in total. The highest BCUT2D eigenvalue weighted by Gasteiger charge is 2.12. The SMILES string of the molecule is CC(C)CCCCCCCCCCOP(=O)(O)O.CCCCCCCCCCCCN(OCCO)OCCO. The highest BCUT2D eigenvalue weighted by atomic mass is 31.2. The molecule has 0 aromatic carbocycles. The molecule has 4 N–H and O–H groups in total. The molecule has 0 spiro atoms. The summed E-state index contributed by atoms with van der Waals surface area (Å²) in [4.78, 5) is 27.4. The summed E-state index contributed by atoms with van der Waals surface area (Å²) >= 11 is 0. The number of aliphatic hydroxyl groups excluding tert-OH is 2. The highest BCUT2D eigenvalue weighted by molar-refractivity contribution is 7.46. The predicted molar refractivity (Wildman–Crippen MR) is 159 cm³/mol. The molecule has 0 saturated heterocycles. The van der Waals surface area contributed by atoms with Crippen LogP contribution in [0.1, 0.15) is 143 Å². The van der Waals surface area contributed by atoms with E-state index in [1.165, 1.54) is 95.1 Å². The molecule has 0 radical (unpaired) electrons. The van der Waals surface area contributed by atoms with E-state index < -0.39 is 7.82 Å². The molecular formula is C29H64NO8P. The number of unbranched alkanes of at least 4 members (excludes halogenated alkanes) is 16. The van der Waals surface area contributed by atoms with Gasteiger partial charge in [-0.3, -0.25) is 14.2 Å². The molecule has 0 saturated carbocycles. The summed E-state index contributed by atoms with van der Waals surface area (Å²) in [5, 5.41) is 18.8. The third-order valence-electron chi connectivity index (χ3n) is 6.28. The molecule has 0 bridgehead atoms. The fourth-order valence-electron chi connectivity index (χ4n) is 4.08. The van der Waals surface area contributed by atoms with E-state index in [-0.39, 0.29) is 33.0 Å². The molecule has 0 unspecified atom stereocenters. The van der Waals surface area contributed by atoms with Gasteiger partial charge in [-0.05, 0) is 18.8 Å². The second-order valence-corrected chi connectivity index (χ2v) is 11.9. The Bertz CT molecular complexity index is 500. The third kappa shape index (κ3) is 40.1. The van der Waals surface area contributed by atoms with E-state index in [0.717, 1.165) is 38.0 Å². The van der Waals surface area contributed by atoms with Crippen LogP contribution in [-0.4, -0.2) is 64.8 Å². The van der Waals surface area contributed by atoms with Crippen molar-refractivity contribution < 1.29 is 38.8 Å². The Kier molecular flexibility index (Phi) is 34.1. The summed E-state index contributed by atoms with van der Waals surface area (Å²) in [7, 11) is -4.25. The maximum atomic E-state index is 10.4. The summed E-state index contributed by atoms with van der Waals surface area (Å²) in [6.45, 7) is 8.01. The van der Waals surface area contributed by atoms with Crippen LogP contribution < -0.4 is 0 Å². The van der Waals surface area contributed by atoms with Crippen LogP contribution in [0, 0.1) is 5.92 Å². The van der Waals surface area contributed by atoms with Crippen molar-refractivity contribution >= 4 is 7.82 Å². The Hall–Kier alpha value is -0.0900. The van der Waals surface area contributed by atoms with Crippen LogP contribution in [0.25, 0.3) is 0 Å². The van der Waals surface area contributed by atoms with Gasteiger partial charge in [-0.15, -0.1) is 0 Å². The number of phosphoric acid groups is 1. The van der Waals surface area contributed by atoms with Gasteiger partial charge in [0.2, 0.25) is 0 Å². The normalized spacial score (nSPS) is 11.8. The van der Waals surface area contributed by atoms with Gasteiger partial charge in [0.15, 0.2) is 0 Å². The van der Waals surface area contributed by atoms with Crippen LogP contribution in [0.15, 0.2) is 0 Å². The van der Waals surface area contributed by atoms with Crippen molar-refractivity contribution in [1.82, 2.24) is 5.23 Å². The molecule has 0 amide bonds. The van der Waals surface area contributed by atoms with Gasteiger partial charge in [0, 0.05) is 0 Å². The zero-order valence-electron chi connectivity index (χ0n) is 25.6. The molecule has 10 heteroatoms. The summed E-state index contributed by atoms with van der Waals surface area (Å²) in [6, 6.07) is 0. The lowest BCUT2D eigenvalue weighted by atomic mass is 10.0. The van der Waals surface area contributed by atoms with Crippen LogP contribution >= 0.6 is 7.82 Å². The lowest BCUT2D eigenvalue weighted by Crippen LogP contribution is -2.28. The molecule has 0 aliphatic carbocycles. The van der Waals surface area contributed by atoms with Gasteiger partial charge in [-0.2, -0.15) is 0 Å². The fraction of sp³-hybridized carbons (Fsp3) is 1.00. The van der Waals surface area contributed by atoms with Crippen molar-refractivity contribution in [2.45, 2.75) is 143 Å². The maximum absolute atomic E-state index is 10.4. The maximum Gasteiger partial charge on any atom is 0.469 e. The lowest BCUT2D eigenvalue weighted by molar-refractivity contribution is -0.371. The zero-order chi connectivity index (χ0) is 29.5. The number of rotatable bonds is 29. The standard InChI is InChI=1S/C16H35NO4.C13H29O4P/c1-2-3-4-5-6-7-8-9-10-11-12-17(20-15-13-18)21-16-14-19;1-13(2)11-9-7-5-3-4-6-8-10-12-17-18(14,15)16/h18-19H,2-16H2,1H3;13H,3-12H2,1-2H3,(H2,14,15,16). The molecule has 0 aromatic heterocycles. The average molecular weight is 586 g/mol. The molecule has 39 heavy (non-hydrogen) atoms. The zero-order valence-corrected chi connectivity index (χ0v) is 26.5. The first kappa shape index (κ1) is 41.0. The fourth-order valence-corrected chi connectivity index (χ4v) is 4.45. The Labute approximate surface area is 240 Å². The van der Waals surface area contributed by atoms with Gasteiger partial charge < -0.3 is 20.0 Å². The van der Waals surface area contributed by atoms with E-state index >= 15 is 0 Å². The summed E-state index contributed by atoms with van der Waals surface area (Å²) in [6.07, 6.45) is 23.6. The summed E-state index contributed by atoms with van der Waals surface area (Å²) in [5.74, 6) is 0.819. The van der Waals surface area contributed by atoms with Crippen LogP contribution in [0.4, 0.5) is 0 Å². The molecule has 238 valence electrons. The Morgan fingerprint density at radius 1 is 0.615 bits per heavy atom. The number of hydroxylamine groups is 2. The van der Waals surface area contributed by atoms with Crippen LogP contribution in [0.3, 0.4) is 0 Å². The smallest absolute Gasteiger partial charge is 0.394 e. The number of nitrogens with zero attached hydrogens (tertiary/aromatic N) is 1. The first-order valence-corrected chi connectivity index (χ1v) is 17.2. The van der Waals surface area contributed by atoms with Crippen LogP contribution in [-0.2, 0) is 18.8 Å². The topological polar surface area (TPSA) is 129 Å². The Morgan fingerprint density at radius 3 is 1.44 bits per heavy atom. The molecule has 0 rings (SSSR count). The van der Waals surface area contributed by atoms with Gasteiger partial charge in [0.05, 0.1) is 39.6 Å². The quantitative estimate of drug-likeness (QED) is 0.0405. The predicted octanol–water partition coefficient (Wildman–Crippen LogP) is 7.32. The summed E-state index contributed by atoms with van der Waals surface area (Å²) in [5.41, 5.74) is 0. The van der Waals surface area contributed by atoms with Crippen LogP contribution in [0.2, 0.25) is 0 Å². The van der Waals surface area contributed by atoms with Crippen molar-refractivity contribution in [3.05, 3.63) is 0 Å². The van der Waals surface area contributed by atoms with E-state index in [4.69, 9.17) is 29.7 Å². The van der Waals surface area contributed by atoms with E-state index in [2.05, 4.69) is 25.3 Å². The molecular weight excluding hydrogens is 521 g/mol. The lowest BCUT2D eigenvalue weighted by Gasteiger charge is -2.20. The molecule has 0 aliphatic rings. The number of aliphatic hydroxyl groups is 2. The molecule has 0 atom stereocenters. The van der Waals surface area contributed by atoms with E-state index in [9.17, 15) is 4.57 Å². The van der Waals surface area contributed by atoms with Gasteiger partial charge in [0.25, 0.3) is 0 Å². The van der Waals surface area contributed by atoms with Crippen molar-refractivity contribution in [2.24, 2.45) is 5.92 Å². The second kappa shape index (κ2) is 32.4. The first-order chi connectivity index (χ1) is 18.8. The second-order valence-electron chi connectivity index (χ2n) is 10.7. The Morgan fingerprint density at radius 2 is 1.03 bits per heavy atom. The van der Waals surface area contributed by atoms with E-state index in [0.29, 0.717) is 6.54 Å². The molecule has 0 fully saturated rings. The number of hydrogen-bond donors (Lipinski definition) is 4. The van der Waals surface area contributed by atoms with Crippen molar-refractivity contribution in [1.29, 1.82) is 0 Å². The van der Waals surface area contributed by atoms with Gasteiger partial charge >= 0.3 is 7.82 Å². The first-order valence-electron chi connectivity index (χ1n) is 15.7. The monoisotopic (exact) mass is 585 g/mol. The van der Waals surface area contributed by atoms with Crippen molar-refractivity contribution in [2.75, 3.05) is 39.6 Å². The van der Waals surface area contributed by atoms with Gasteiger partial charge in [-0.1, -0.05) is 135 Å². The van der Waals surface area contributed by atoms with Gasteiger partial charge in [-0.25, -0.2) is 4.57 Å². The highest BCUT2D eigenvalue weighted by Crippen LogP contribution is 2.35. The molecule has 0 aromatic rings. The van der Waals surface area contributed by atoms with Crippen molar-refractivity contribution in [3.63, 3.8) is 0 Å². The largest absolute Gasteiger partial charge is 0.469 e. The summed E-state index contributed by atoms with van der Waals surface area (Å²) < 4.78 is 14.8. The van der Waals surface area contributed by atoms with E-state index in [1.54, 1.807) is 0 Å². The minimum Gasteiger partial charge on any atom is -0.394 e. The van der Waals surface area contributed by atoms with Crippen molar-refractivity contribution in [3.8, 4) is 0 Å². The number of phosphoric ester groups is 1. The number of hydrogen-bond acceptors (Lipinski definition) is 7. The molecule has 0 heterocycles. The minimum atomic E-state index is -4.25. The van der Waals surface area contributed by atoms with Gasteiger partial charge in [0.1, 0.15) is 0 Å². The molecule has 0 aliphatic heterocycles. The van der Waals surface area contributed by atoms with Crippen LogP contribution in [0.5, 0.6) is 0 Å². The average Bonchev–Trinajstić information content (AvgIpc) is 2.89. The Balaban J connectivity index is 0.